The van der Waals surface area contributed by atoms with Crippen molar-refractivity contribution in [3.63, 3.8) is 0 Å². The number of aryl methyl sites for hydroxylation is 1. The van der Waals surface area contributed by atoms with E-state index < -0.39 is 15.8 Å². The van der Waals surface area contributed by atoms with Crippen molar-refractivity contribution in [2.24, 2.45) is 5.92 Å². The second kappa shape index (κ2) is 7.34. The lowest BCUT2D eigenvalue weighted by atomic mass is 9.86. The van der Waals surface area contributed by atoms with Crippen LogP contribution >= 0.6 is 0 Å². The number of aliphatic carboxylic acids is 1. The van der Waals surface area contributed by atoms with E-state index in [1.165, 1.54) is 12.1 Å². The lowest BCUT2D eigenvalue weighted by Crippen LogP contribution is -2.39. The zero-order valence-electron chi connectivity index (χ0n) is 13.9. The van der Waals surface area contributed by atoms with Gasteiger partial charge in [-0.05, 0) is 49.8 Å². The van der Waals surface area contributed by atoms with Gasteiger partial charge in [0.2, 0.25) is 0 Å². The van der Waals surface area contributed by atoms with Crippen LogP contribution in [0.1, 0.15) is 48.5 Å². The highest BCUT2D eigenvalue weighted by atomic mass is 32.2. The van der Waals surface area contributed by atoms with Crippen molar-refractivity contribution < 1.29 is 23.1 Å². The highest BCUT2D eigenvalue weighted by molar-refractivity contribution is 7.90. The summed E-state index contributed by atoms with van der Waals surface area (Å²) in [5, 5.41) is 11.9. The minimum Gasteiger partial charge on any atom is -0.481 e. The van der Waals surface area contributed by atoms with Crippen molar-refractivity contribution >= 4 is 21.7 Å². The zero-order chi connectivity index (χ0) is 17.9. The van der Waals surface area contributed by atoms with Crippen molar-refractivity contribution in [2.75, 3.05) is 6.26 Å². The van der Waals surface area contributed by atoms with Crippen LogP contribution in [0, 0.1) is 5.92 Å². The fraction of sp³-hybridized carbons (Fsp3) is 0.529. The molecule has 1 aliphatic carbocycles. The predicted molar refractivity (Wildman–Crippen MR) is 89.8 cm³/mol. The van der Waals surface area contributed by atoms with Gasteiger partial charge in [0.05, 0.1) is 10.8 Å². The third-order valence-corrected chi connectivity index (χ3v) is 5.66. The number of carboxylic acids is 1. The van der Waals surface area contributed by atoms with Gasteiger partial charge in [-0.2, -0.15) is 0 Å². The van der Waals surface area contributed by atoms with Gasteiger partial charge in [-0.1, -0.05) is 13.0 Å². The Bertz CT molecular complexity index is 733. The first-order valence-corrected chi connectivity index (χ1v) is 9.98. The second-order valence-corrected chi connectivity index (χ2v) is 8.32. The first-order chi connectivity index (χ1) is 11.2. The lowest BCUT2D eigenvalue weighted by molar-refractivity contribution is -0.142. The standard InChI is InChI=1S/C17H23NO5S/c1-3-11-6-9-14(24(2,22)23)10-15(11)16(19)18-13-7-4-12(5-8-13)17(20)21/h6,9-10,12-13H,3-5,7-8H2,1-2H3,(H,18,19)(H,20,21). The Labute approximate surface area is 142 Å². The minimum atomic E-state index is -3.38. The van der Waals surface area contributed by atoms with E-state index in [1.54, 1.807) is 6.07 Å². The Balaban J connectivity index is 2.13. The van der Waals surface area contributed by atoms with Crippen molar-refractivity contribution in [3.8, 4) is 0 Å². The maximum absolute atomic E-state index is 12.6. The molecular weight excluding hydrogens is 330 g/mol. The summed E-state index contributed by atoms with van der Waals surface area (Å²) in [7, 11) is -3.38. The molecule has 0 aliphatic heterocycles. The average Bonchev–Trinajstić information content (AvgIpc) is 2.53. The SMILES string of the molecule is CCc1ccc(S(C)(=O)=O)cc1C(=O)NC1CCC(C(=O)O)CC1. The molecule has 0 spiro atoms. The lowest BCUT2D eigenvalue weighted by Gasteiger charge is -2.27. The Morgan fingerprint density at radius 1 is 1.21 bits per heavy atom. The second-order valence-electron chi connectivity index (χ2n) is 6.30. The molecule has 0 heterocycles. The van der Waals surface area contributed by atoms with Gasteiger partial charge < -0.3 is 10.4 Å². The molecule has 0 aromatic heterocycles. The quantitative estimate of drug-likeness (QED) is 0.843. The number of sulfone groups is 1. The van der Waals surface area contributed by atoms with Gasteiger partial charge in [0, 0.05) is 17.9 Å². The van der Waals surface area contributed by atoms with Gasteiger partial charge in [0.25, 0.3) is 5.91 Å². The Kier molecular flexibility index (Phi) is 5.64. The van der Waals surface area contributed by atoms with Gasteiger partial charge >= 0.3 is 5.97 Å². The van der Waals surface area contributed by atoms with Crippen LogP contribution in [0.15, 0.2) is 23.1 Å². The van der Waals surface area contributed by atoms with Gasteiger partial charge in [0.15, 0.2) is 9.84 Å². The molecule has 0 unspecified atom stereocenters. The summed E-state index contributed by atoms with van der Waals surface area (Å²) >= 11 is 0. The van der Waals surface area contributed by atoms with E-state index in [4.69, 9.17) is 5.11 Å². The number of carbonyl (C=O) groups excluding carboxylic acids is 1. The average molecular weight is 353 g/mol. The summed E-state index contributed by atoms with van der Waals surface area (Å²) in [6, 6.07) is 4.54. The molecule has 1 fully saturated rings. The molecule has 2 N–H and O–H groups in total. The molecule has 2 rings (SSSR count). The Hall–Kier alpha value is -1.89. The van der Waals surface area contributed by atoms with E-state index in [0.717, 1.165) is 11.8 Å². The maximum atomic E-state index is 12.6. The predicted octanol–water partition coefficient (Wildman–Crippen LogP) is 2.03. The molecule has 1 amide bonds. The van der Waals surface area contributed by atoms with Crippen LogP contribution in [0.3, 0.4) is 0 Å². The Morgan fingerprint density at radius 2 is 1.83 bits per heavy atom. The molecule has 1 aromatic rings. The first kappa shape index (κ1) is 18.4. The van der Waals surface area contributed by atoms with Crippen LogP contribution in [0.4, 0.5) is 0 Å². The van der Waals surface area contributed by atoms with Crippen LogP contribution < -0.4 is 5.32 Å². The summed E-state index contributed by atoms with van der Waals surface area (Å²) in [4.78, 5) is 23.7. The smallest absolute Gasteiger partial charge is 0.306 e. The monoisotopic (exact) mass is 353 g/mol. The zero-order valence-corrected chi connectivity index (χ0v) is 14.7. The molecule has 0 radical (unpaired) electrons. The number of nitrogens with one attached hydrogen (secondary N) is 1. The molecule has 7 heteroatoms. The highest BCUT2D eigenvalue weighted by Gasteiger charge is 2.27. The topological polar surface area (TPSA) is 101 Å². The van der Waals surface area contributed by atoms with Crippen LogP contribution in [0.5, 0.6) is 0 Å². The van der Waals surface area contributed by atoms with Crippen LogP contribution in [0.25, 0.3) is 0 Å². The van der Waals surface area contributed by atoms with Crippen LogP contribution in [-0.4, -0.2) is 37.7 Å². The van der Waals surface area contributed by atoms with E-state index in [9.17, 15) is 18.0 Å². The molecule has 132 valence electrons. The number of benzene rings is 1. The highest BCUT2D eigenvalue weighted by Crippen LogP contribution is 2.25. The molecule has 6 nitrogen and oxygen atoms in total. The van der Waals surface area contributed by atoms with E-state index in [2.05, 4.69) is 5.32 Å². The number of amides is 1. The fourth-order valence-electron chi connectivity index (χ4n) is 3.05. The summed E-state index contributed by atoms with van der Waals surface area (Å²) in [5.41, 5.74) is 1.17. The van der Waals surface area contributed by atoms with Crippen molar-refractivity contribution in [3.05, 3.63) is 29.3 Å². The Morgan fingerprint density at radius 3 is 2.33 bits per heavy atom. The summed E-state index contributed by atoms with van der Waals surface area (Å²) in [5.74, 6) is -1.41. The first-order valence-electron chi connectivity index (χ1n) is 8.09. The number of rotatable bonds is 5. The maximum Gasteiger partial charge on any atom is 0.306 e. The van der Waals surface area contributed by atoms with Crippen molar-refractivity contribution in [2.45, 2.75) is 50.0 Å². The molecule has 24 heavy (non-hydrogen) atoms. The van der Waals surface area contributed by atoms with Crippen LogP contribution in [0.2, 0.25) is 0 Å². The fourth-order valence-corrected chi connectivity index (χ4v) is 3.70. The summed E-state index contributed by atoms with van der Waals surface area (Å²) in [6.45, 7) is 1.91. The van der Waals surface area contributed by atoms with E-state index >= 15 is 0 Å². The summed E-state index contributed by atoms with van der Waals surface area (Å²) < 4.78 is 23.4. The molecule has 1 aliphatic rings. The third kappa shape index (κ3) is 4.35. The van der Waals surface area contributed by atoms with Crippen molar-refractivity contribution in [1.29, 1.82) is 0 Å². The number of carboxylic acid groups (broad SMARTS) is 1. The number of carbonyl (C=O) groups is 2. The molecule has 1 saturated carbocycles. The normalized spacial score (nSPS) is 21.2. The van der Waals surface area contributed by atoms with Crippen LogP contribution in [-0.2, 0) is 21.1 Å². The number of hydrogen-bond acceptors (Lipinski definition) is 4. The van der Waals surface area contributed by atoms with Gasteiger partial charge in [-0.15, -0.1) is 0 Å². The molecular formula is C17H23NO5S. The largest absolute Gasteiger partial charge is 0.481 e. The minimum absolute atomic E-state index is 0.0697. The molecule has 1 aromatic carbocycles. The molecule has 0 saturated heterocycles. The van der Waals surface area contributed by atoms with Gasteiger partial charge in [-0.3, -0.25) is 9.59 Å². The molecule has 0 atom stereocenters. The summed E-state index contributed by atoms with van der Waals surface area (Å²) in [6.07, 6.45) is 4.07. The van der Waals surface area contributed by atoms with Gasteiger partial charge in [0.1, 0.15) is 0 Å². The van der Waals surface area contributed by atoms with E-state index in [1.807, 2.05) is 6.92 Å². The van der Waals surface area contributed by atoms with E-state index in [0.29, 0.717) is 37.7 Å². The molecule has 0 bridgehead atoms. The van der Waals surface area contributed by atoms with E-state index in [-0.39, 0.29) is 22.8 Å². The van der Waals surface area contributed by atoms with Crippen molar-refractivity contribution in [1.82, 2.24) is 5.32 Å². The van der Waals surface area contributed by atoms with Gasteiger partial charge in [-0.25, -0.2) is 8.42 Å². The number of hydrogen-bond donors (Lipinski definition) is 2. The third-order valence-electron chi connectivity index (χ3n) is 4.55.